The van der Waals surface area contributed by atoms with Gasteiger partial charge in [-0.25, -0.2) is 0 Å². The van der Waals surface area contributed by atoms with Crippen LogP contribution >= 0.6 is 0 Å². The third-order valence-electron chi connectivity index (χ3n) is 7.74. The van der Waals surface area contributed by atoms with Crippen LogP contribution in [-0.4, -0.2) is 79.9 Å². The molecule has 4 aliphatic rings. The van der Waals surface area contributed by atoms with Gasteiger partial charge in [0.2, 0.25) is 11.8 Å². The number of hydrogen-bond acceptors (Lipinski definition) is 5. The molecule has 184 valence electrons. The van der Waals surface area contributed by atoms with Gasteiger partial charge in [0.05, 0.1) is 11.4 Å². The number of carbonyl (C=O) groups is 3. The zero-order valence-electron chi connectivity index (χ0n) is 20.1. The van der Waals surface area contributed by atoms with Crippen LogP contribution in [0.25, 0.3) is 0 Å². The summed E-state index contributed by atoms with van der Waals surface area (Å²) in [6, 6.07) is 5.73. The van der Waals surface area contributed by atoms with Gasteiger partial charge in [-0.1, -0.05) is 19.3 Å². The van der Waals surface area contributed by atoms with Crippen LogP contribution in [0.2, 0.25) is 0 Å². The Bertz CT molecular complexity index is 911. The molecule has 8 heteroatoms. The van der Waals surface area contributed by atoms with Crippen LogP contribution < -0.4 is 15.5 Å². The molecule has 2 saturated carbocycles. The van der Waals surface area contributed by atoms with Gasteiger partial charge in [0.1, 0.15) is 0 Å². The second-order valence-electron chi connectivity index (χ2n) is 10.2. The molecule has 2 heterocycles. The molecule has 34 heavy (non-hydrogen) atoms. The van der Waals surface area contributed by atoms with Gasteiger partial charge in [-0.05, 0) is 43.9 Å². The van der Waals surface area contributed by atoms with Crippen LogP contribution in [-0.2, 0) is 9.59 Å². The van der Waals surface area contributed by atoms with Crippen molar-refractivity contribution in [1.82, 2.24) is 15.1 Å². The fourth-order valence-electron chi connectivity index (χ4n) is 5.45. The number of nitrogens with zero attached hydrogens (tertiary/aromatic N) is 3. The summed E-state index contributed by atoms with van der Waals surface area (Å²) in [4.78, 5) is 44.8. The lowest BCUT2D eigenvalue weighted by molar-refractivity contribution is -0.132. The SMILES string of the molecule is O=C(Nc1cc(C(=O)N2CCNCC2)ccc1N1CCN(C(=O)C2CC2)CC1)C1CCCCC1. The minimum atomic E-state index is 0.0149. The highest BCUT2D eigenvalue weighted by Crippen LogP contribution is 2.34. The Hall–Kier alpha value is -2.61. The van der Waals surface area contributed by atoms with Gasteiger partial charge >= 0.3 is 0 Å². The maximum atomic E-state index is 13.1. The number of piperazine rings is 2. The summed E-state index contributed by atoms with van der Waals surface area (Å²) in [5.74, 6) is 0.660. The van der Waals surface area contributed by atoms with E-state index in [1.807, 2.05) is 28.0 Å². The normalized spacial score (nSPS) is 21.9. The van der Waals surface area contributed by atoms with E-state index >= 15 is 0 Å². The van der Waals surface area contributed by atoms with Crippen molar-refractivity contribution in [1.29, 1.82) is 0 Å². The summed E-state index contributed by atoms with van der Waals surface area (Å²) in [5.41, 5.74) is 2.28. The lowest BCUT2D eigenvalue weighted by Gasteiger charge is -2.37. The fraction of sp³-hybridized carbons (Fsp3) is 0.654. The van der Waals surface area contributed by atoms with Crippen LogP contribution in [0.3, 0.4) is 0 Å². The van der Waals surface area contributed by atoms with E-state index in [1.54, 1.807) is 0 Å². The number of carbonyl (C=O) groups excluding carboxylic acids is 3. The molecule has 0 unspecified atom stereocenters. The fourth-order valence-corrected chi connectivity index (χ4v) is 5.45. The van der Waals surface area contributed by atoms with Crippen LogP contribution in [0, 0.1) is 11.8 Å². The summed E-state index contributed by atoms with van der Waals surface area (Å²) < 4.78 is 0. The highest BCUT2D eigenvalue weighted by Gasteiger charge is 2.35. The Morgan fingerprint density at radius 2 is 1.50 bits per heavy atom. The summed E-state index contributed by atoms with van der Waals surface area (Å²) in [6.07, 6.45) is 7.32. The van der Waals surface area contributed by atoms with Crippen LogP contribution in [0.15, 0.2) is 18.2 Å². The second kappa shape index (κ2) is 10.3. The van der Waals surface area contributed by atoms with Crippen molar-refractivity contribution < 1.29 is 14.4 Å². The predicted molar refractivity (Wildman–Crippen MR) is 132 cm³/mol. The number of hydrogen-bond donors (Lipinski definition) is 2. The lowest BCUT2D eigenvalue weighted by Crippen LogP contribution is -2.49. The number of benzene rings is 1. The molecule has 0 bridgehead atoms. The maximum absolute atomic E-state index is 13.1. The molecule has 1 aromatic rings. The third-order valence-corrected chi connectivity index (χ3v) is 7.74. The Morgan fingerprint density at radius 1 is 0.794 bits per heavy atom. The standard InChI is InChI=1S/C26H37N5O3/c32-24(19-4-2-1-3-5-19)28-22-18-21(26(34)30-12-10-27-11-13-30)8-9-23(22)29-14-16-31(17-15-29)25(33)20-6-7-20/h8-9,18-20,27H,1-7,10-17H2,(H,28,32). The van der Waals surface area contributed by atoms with E-state index in [2.05, 4.69) is 15.5 Å². The smallest absolute Gasteiger partial charge is 0.254 e. The van der Waals surface area contributed by atoms with Gasteiger partial charge in [0, 0.05) is 69.8 Å². The Kier molecular flexibility index (Phi) is 7.04. The Balaban J connectivity index is 1.34. The minimum absolute atomic E-state index is 0.0149. The van der Waals surface area contributed by atoms with E-state index < -0.39 is 0 Å². The molecular weight excluding hydrogens is 430 g/mol. The third kappa shape index (κ3) is 5.22. The first-order valence-electron chi connectivity index (χ1n) is 13.1. The monoisotopic (exact) mass is 467 g/mol. The first-order valence-corrected chi connectivity index (χ1v) is 13.1. The number of nitrogens with one attached hydrogen (secondary N) is 2. The van der Waals surface area contributed by atoms with Gasteiger partial charge in [0.15, 0.2) is 0 Å². The Morgan fingerprint density at radius 3 is 2.18 bits per heavy atom. The number of amides is 3. The summed E-state index contributed by atoms with van der Waals surface area (Å²) in [7, 11) is 0. The zero-order chi connectivity index (χ0) is 23.5. The maximum Gasteiger partial charge on any atom is 0.254 e. The molecule has 4 fully saturated rings. The highest BCUT2D eigenvalue weighted by atomic mass is 16.2. The summed E-state index contributed by atoms with van der Waals surface area (Å²) in [6.45, 7) is 5.87. The molecule has 0 atom stereocenters. The lowest BCUT2D eigenvalue weighted by atomic mass is 9.88. The van der Waals surface area contributed by atoms with E-state index in [1.165, 1.54) is 6.42 Å². The molecule has 2 saturated heterocycles. The van der Waals surface area contributed by atoms with Crippen molar-refractivity contribution in [2.75, 3.05) is 62.6 Å². The molecule has 3 amide bonds. The number of anilines is 2. The van der Waals surface area contributed by atoms with Crippen LogP contribution in [0.5, 0.6) is 0 Å². The van der Waals surface area contributed by atoms with Gasteiger partial charge in [0.25, 0.3) is 5.91 Å². The van der Waals surface area contributed by atoms with E-state index in [0.29, 0.717) is 37.6 Å². The first-order chi connectivity index (χ1) is 16.6. The zero-order valence-corrected chi connectivity index (χ0v) is 20.1. The molecule has 8 nitrogen and oxygen atoms in total. The molecule has 0 aromatic heterocycles. The van der Waals surface area contributed by atoms with Crippen molar-refractivity contribution in [3.05, 3.63) is 23.8 Å². The van der Waals surface area contributed by atoms with Crippen molar-refractivity contribution in [3.8, 4) is 0 Å². The summed E-state index contributed by atoms with van der Waals surface area (Å²) >= 11 is 0. The van der Waals surface area contributed by atoms with Gasteiger partial charge in [-0.15, -0.1) is 0 Å². The highest BCUT2D eigenvalue weighted by molar-refractivity contribution is 6.00. The van der Waals surface area contributed by atoms with Gasteiger partial charge in [-0.2, -0.15) is 0 Å². The van der Waals surface area contributed by atoms with Crippen molar-refractivity contribution in [2.24, 2.45) is 11.8 Å². The molecule has 2 aliphatic carbocycles. The minimum Gasteiger partial charge on any atom is -0.366 e. The van der Waals surface area contributed by atoms with E-state index in [9.17, 15) is 14.4 Å². The quantitative estimate of drug-likeness (QED) is 0.694. The topological polar surface area (TPSA) is 85.0 Å². The molecule has 0 radical (unpaired) electrons. The average molecular weight is 468 g/mol. The molecular formula is C26H37N5O3. The van der Waals surface area contributed by atoms with Crippen molar-refractivity contribution in [2.45, 2.75) is 44.9 Å². The van der Waals surface area contributed by atoms with Gasteiger partial charge < -0.3 is 25.3 Å². The summed E-state index contributed by atoms with van der Waals surface area (Å²) in [5, 5.41) is 6.48. The predicted octanol–water partition coefficient (Wildman–Crippen LogP) is 2.31. The average Bonchev–Trinajstić information content (AvgIpc) is 3.75. The van der Waals surface area contributed by atoms with Crippen LogP contribution in [0.1, 0.15) is 55.3 Å². The van der Waals surface area contributed by atoms with E-state index in [0.717, 1.165) is 76.1 Å². The Labute approximate surface area is 202 Å². The van der Waals surface area contributed by atoms with Crippen LogP contribution in [0.4, 0.5) is 11.4 Å². The largest absolute Gasteiger partial charge is 0.366 e. The van der Waals surface area contributed by atoms with E-state index in [-0.39, 0.29) is 23.7 Å². The number of rotatable bonds is 5. The first kappa shape index (κ1) is 23.1. The molecule has 0 spiro atoms. The van der Waals surface area contributed by atoms with Gasteiger partial charge in [-0.3, -0.25) is 14.4 Å². The molecule has 2 N–H and O–H groups in total. The second-order valence-corrected chi connectivity index (χ2v) is 10.2. The van der Waals surface area contributed by atoms with E-state index in [4.69, 9.17) is 0 Å². The van der Waals surface area contributed by atoms with Crippen molar-refractivity contribution in [3.63, 3.8) is 0 Å². The van der Waals surface area contributed by atoms with Crippen molar-refractivity contribution >= 4 is 29.1 Å². The molecule has 5 rings (SSSR count). The molecule has 2 aliphatic heterocycles. The molecule has 1 aromatic carbocycles.